The van der Waals surface area contributed by atoms with Gasteiger partial charge in [0.1, 0.15) is 0 Å². The molecular formula is C14H30N2. The van der Waals surface area contributed by atoms with Gasteiger partial charge in [0.2, 0.25) is 0 Å². The third kappa shape index (κ3) is 4.42. The fourth-order valence-electron chi connectivity index (χ4n) is 2.84. The van der Waals surface area contributed by atoms with Crippen molar-refractivity contribution in [2.24, 2.45) is 23.7 Å². The fraction of sp³-hybridized carbons (Fsp3) is 1.00. The van der Waals surface area contributed by atoms with Crippen molar-refractivity contribution in [3.05, 3.63) is 0 Å². The van der Waals surface area contributed by atoms with Gasteiger partial charge in [0, 0.05) is 26.2 Å². The van der Waals surface area contributed by atoms with E-state index in [1.54, 1.807) is 0 Å². The standard InChI is InChI=1S/C14H30N2/c1-11(2)14(12(3)4)10-16-7-6-15-8-13(5)9-16/h11-15H,6-10H2,1-5H3. The molecule has 1 rings (SSSR count). The van der Waals surface area contributed by atoms with Gasteiger partial charge in [-0.1, -0.05) is 34.6 Å². The monoisotopic (exact) mass is 226 g/mol. The second kappa shape index (κ2) is 6.61. The number of nitrogens with one attached hydrogen (secondary N) is 1. The van der Waals surface area contributed by atoms with Gasteiger partial charge in [0.15, 0.2) is 0 Å². The van der Waals surface area contributed by atoms with E-state index >= 15 is 0 Å². The van der Waals surface area contributed by atoms with Crippen LogP contribution in [0.4, 0.5) is 0 Å². The van der Waals surface area contributed by atoms with Gasteiger partial charge in [-0.25, -0.2) is 0 Å². The Hall–Kier alpha value is -0.0800. The summed E-state index contributed by atoms with van der Waals surface area (Å²) in [6, 6.07) is 0. The zero-order valence-electron chi connectivity index (χ0n) is 11.8. The van der Waals surface area contributed by atoms with Gasteiger partial charge in [-0.05, 0) is 30.2 Å². The van der Waals surface area contributed by atoms with Crippen LogP contribution in [0.15, 0.2) is 0 Å². The highest BCUT2D eigenvalue weighted by atomic mass is 15.2. The molecule has 0 amide bonds. The van der Waals surface area contributed by atoms with Crippen LogP contribution in [-0.2, 0) is 0 Å². The van der Waals surface area contributed by atoms with Gasteiger partial charge in [-0.2, -0.15) is 0 Å². The van der Waals surface area contributed by atoms with Crippen LogP contribution in [0.3, 0.4) is 0 Å². The third-order valence-electron chi connectivity index (χ3n) is 3.85. The largest absolute Gasteiger partial charge is 0.315 e. The zero-order valence-corrected chi connectivity index (χ0v) is 11.8. The van der Waals surface area contributed by atoms with Gasteiger partial charge < -0.3 is 10.2 Å². The summed E-state index contributed by atoms with van der Waals surface area (Å²) >= 11 is 0. The predicted octanol–water partition coefficient (Wildman–Crippen LogP) is 2.46. The molecule has 0 spiro atoms. The summed E-state index contributed by atoms with van der Waals surface area (Å²) in [6.07, 6.45) is 0. The Labute approximate surface area is 102 Å². The van der Waals surface area contributed by atoms with Crippen LogP contribution in [0, 0.1) is 23.7 Å². The van der Waals surface area contributed by atoms with Crippen LogP contribution < -0.4 is 5.32 Å². The van der Waals surface area contributed by atoms with Crippen molar-refractivity contribution in [3.63, 3.8) is 0 Å². The number of rotatable bonds is 4. The lowest BCUT2D eigenvalue weighted by molar-refractivity contribution is 0.162. The lowest BCUT2D eigenvalue weighted by atomic mass is 9.85. The van der Waals surface area contributed by atoms with Crippen molar-refractivity contribution >= 4 is 0 Å². The first kappa shape index (κ1) is 14.0. The van der Waals surface area contributed by atoms with Crippen molar-refractivity contribution < 1.29 is 0 Å². The van der Waals surface area contributed by atoms with E-state index in [0.29, 0.717) is 0 Å². The Morgan fingerprint density at radius 2 is 1.81 bits per heavy atom. The Kier molecular flexibility index (Phi) is 5.77. The van der Waals surface area contributed by atoms with Crippen molar-refractivity contribution in [3.8, 4) is 0 Å². The van der Waals surface area contributed by atoms with E-state index in [9.17, 15) is 0 Å². The molecule has 1 atom stereocenters. The molecular weight excluding hydrogens is 196 g/mol. The average Bonchev–Trinajstić information content (AvgIpc) is 2.38. The maximum Gasteiger partial charge on any atom is 0.0107 e. The first-order valence-corrected chi connectivity index (χ1v) is 6.93. The average molecular weight is 226 g/mol. The summed E-state index contributed by atoms with van der Waals surface area (Å²) < 4.78 is 0. The Bertz CT molecular complexity index is 181. The van der Waals surface area contributed by atoms with Crippen molar-refractivity contribution in [1.82, 2.24) is 10.2 Å². The molecule has 0 radical (unpaired) electrons. The summed E-state index contributed by atoms with van der Waals surface area (Å²) in [4.78, 5) is 2.66. The molecule has 1 aliphatic heterocycles. The number of hydrogen-bond donors (Lipinski definition) is 1. The summed E-state index contributed by atoms with van der Waals surface area (Å²) in [5, 5.41) is 3.52. The highest BCUT2D eigenvalue weighted by molar-refractivity contribution is 4.76. The van der Waals surface area contributed by atoms with Gasteiger partial charge in [-0.3, -0.25) is 0 Å². The van der Waals surface area contributed by atoms with Crippen LogP contribution in [0.1, 0.15) is 34.6 Å². The highest BCUT2D eigenvalue weighted by Crippen LogP contribution is 2.22. The van der Waals surface area contributed by atoms with E-state index in [-0.39, 0.29) is 0 Å². The molecule has 0 aromatic rings. The number of nitrogens with zero attached hydrogens (tertiary/aromatic N) is 1. The molecule has 0 bridgehead atoms. The molecule has 1 unspecified atom stereocenters. The van der Waals surface area contributed by atoms with E-state index < -0.39 is 0 Å². The Morgan fingerprint density at radius 1 is 1.19 bits per heavy atom. The minimum absolute atomic E-state index is 0.794. The van der Waals surface area contributed by atoms with E-state index in [2.05, 4.69) is 44.8 Å². The van der Waals surface area contributed by atoms with Crippen LogP contribution in [0.2, 0.25) is 0 Å². The van der Waals surface area contributed by atoms with Crippen molar-refractivity contribution in [2.45, 2.75) is 34.6 Å². The summed E-state index contributed by atoms with van der Waals surface area (Å²) in [5.41, 5.74) is 0. The number of hydrogen-bond acceptors (Lipinski definition) is 2. The molecule has 96 valence electrons. The smallest absolute Gasteiger partial charge is 0.0107 e. The summed E-state index contributed by atoms with van der Waals surface area (Å²) in [5.74, 6) is 3.23. The molecule has 0 saturated carbocycles. The minimum atomic E-state index is 0.794. The van der Waals surface area contributed by atoms with E-state index in [1.165, 1.54) is 26.2 Å². The SMILES string of the molecule is CC1CNCCN(CC(C(C)C)C(C)C)C1. The van der Waals surface area contributed by atoms with Crippen LogP contribution >= 0.6 is 0 Å². The van der Waals surface area contributed by atoms with Gasteiger partial charge in [-0.15, -0.1) is 0 Å². The highest BCUT2D eigenvalue weighted by Gasteiger charge is 2.22. The molecule has 16 heavy (non-hydrogen) atoms. The molecule has 0 aromatic heterocycles. The van der Waals surface area contributed by atoms with Crippen LogP contribution in [0.25, 0.3) is 0 Å². The Balaban J connectivity index is 2.49. The topological polar surface area (TPSA) is 15.3 Å². The molecule has 1 N–H and O–H groups in total. The van der Waals surface area contributed by atoms with Crippen LogP contribution in [-0.4, -0.2) is 37.6 Å². The summed E-state index contributed by atoms with van der Waals surface area (Å²) in [7, 11) is 0. The molecule has 1 fully saturated rings. The second-order valence-electron chi connectivity index (χ2n) is 6.22. The van der Waals surface area contributed by atoms with Crippen molar-refractivity contribution in [2.75, 3.05) is 32.7 Å². The fourth-order valence-corrected chi connectivity index (χ4v) is 2.84. The maximum atomic E-state index is 3.52. The molecule has 1 aliphatic rings. The van der Waals surface area contributed by atoms with E-state index in [0.717, 1.165) is 30.2 Å². The predicted molar refractivity (Wildman–Crippen MR) is 71.6 cm³/mol. The van der Waals surface area contributed by atoms with Gasteiger partial charge in [0.25, 0.3) is 0 Å². The van der Waals surface area contributed by atoms with Crippen molar-refractivity contribution in [1.29, 1.82) is 0 Å². The lowest BCUT2D eigenvalue weighted by Crippen LogP contribution is -2.37. The molecule has 1 heterocycles. The lowest BCUT2D eigenvalue weighted by Gasteiger charge is -2.32. The molecule has 2 nitrogen and oxygen atoms in total. The third-order valence-corrected chi connectivity index (χ3v) is 3.85. The van der Waals surface area contributed by atoms with E-state index in [4.69, 9.17) is 0 Å². The van der Waals surface area contributed by atoms with Gasteiger partial charge in [0.05, 0.1) is 0 Å². The molecule has 1 saturated heterocycles. The second-order valence-corrected chi connectivity index (χ2v) is 6.22. The van der Waals surface area contributed by atoms with Crippen LogP contribution in [0.5, 0.6) is 0 Å². The normalized spacial score (nSPS) is 24.4. The van der Waals surface area contributed by atoms with E-state index in [1.807, 2.05) is 0 Å². The Morgan fingerprint density at radius 3 is 2.38 bits per heavy atom. The first-order valence-electron chi connectivity index (χ1n) is 6.93. The molecule has 0 aromatic carbocycles. The zero-order chi connectivity index (χ0) is 12.1. The quantitative estimate of drug-likeness (QED) is 0.792. The van der Waals surface area contributed by atoms with Gasteiger partial charge >= 0.3 is 0 Å². The first-order chi connectivity index (χ1) is 7.50. The maximum absolute atomic E-state index is 3.52. The molecule has 0 aliphatic carbocycles. The molecule has 2 heteroatoms. The summed E-state index contributed by atoms with van der Waals surface area (Å²) in [6.45, 7) is 17.9. The minimum Gasteiger partial charge on any atom is -0.315 e.